The average Bonchev–Trinajstić information content (AvgIpc) is 3.62. The summed E-state index contributed by atoms with van der Waals surface area (Å²) >= 11 is 1.42. The van der Waals surface area contributed by atoms with E-state index in [-0.39, 0.29) is 5.57 Å². The lowest BCUT2D eigenvalue weighted by molar-refractivity contribution is -0.130. The molecule has 0 unspecified atom stereocenters. The van der Waals surface area contributed by atoms with Gasteiger partial charge >= 0.3 is 5.97 Å². The highest BCUT2D eigenvalue weighted by atomic mass is 32.1. The Hall–Kier alpha value is -7.55. The quantitative estimate of drug-likeness (QED) is 0.116. The van der Waals surface area contributed by atoms with E-state index in [0.717, 1.165) is 54.4 Å². The number of carboxylic acid groups (broad SMARTS) is 1. The van der Waals surface area contributed by atoms with E-state index in [2.05, 4.69) is 82.8 Å². The molecule has 0 aliphatic heterocycles. The van der Waals surface area contributed by atoms with Crippen LogP contribution in [-0.2, 0) is 18.0 Å². The van der Waals surface area contributed by atoms with Gasteiger partial charge in [-0.3, -0.25) is 9.97 Å². The highest BCUT2D eigenvalue weighted by Gasteiger charge is 2.21. The normalized spacial score (nSPS) is 11.4. The fourth-order valence-electron chi connectivity index (χ4n) is 6.86. The van der Waals surface area contributed by atoms with Crippen LogP contribution in [0.1, 0.15) is 21.6 Å². The third-order valence-corrected chi connectivity index (χ3v) is 11.0. The van der Waals surface area contributed by atoms with Gasteiger partial charge in [-0.15, -0.1) is 11.3 Å². The maximum absolute atomic E-state index is 12.7. The van der Waals surface area contributed by atoms with Gasteiger partial charge in [-0.1, -0.05) is 115 Å². The van der Waals surface area contributed by atoms with Gasteiger partial charge in [0.15, 0.2) is 17.2 Å². The predicted octanol–water partition coefficient (Wildman–Crippen LogP) is 12.8. The van der Waals surface area contributed by atoms with Crippen LogP contribution in [0, 0.1) is 0 Å². The molecule has 0 saturated carbocycles. The lowest BCUT2D eigenvalue weighted by Crippen LogP contribution is -2.01. The van der Waals surface area contributed by atoms with Gasteiger partial charge in [0, 0.05) is 40.1 Å². The molecule has 59 heavy (non-hydrogen) atoms. The number of ether oxygens (including phenoxy) is 3. The fraction of sp³-hybridized carbons (Fsp3) is 0.0392. The van der Waals surface area contributed by atoms with E-state index >= 15 is 0 Å². The number of fused-ring (bicyclic) bond motifs is 2. The standard InChI is InChI=1S/C51H36N2O5S/c54-51(55)43(40-23-26-52-27-24-40)30-49-50(58-42-21-22-45-41(28-42)12-7-25-53-45)44-29-46(56-32-34-13-17-38(18-14-34)36-8-3-1-4-9-36)47(31-48(44)59-49)57-33-35-15-19-39(20-16-35)37-10-5-2-6-11-37/h1-31H,32-33H2,(H,54,55). The lowest BCUT2D eigenvalue weighted by atomic mass is 10.0. The molecule has 3 heterocycles. The molecule has 6 aromatic carbocycles. The van der Waals surface area contributed by atoms with Gasteiger partial charge in [0.1, 0.15) is 19.0 Å². The molecule has 286 valence electrons. The highest BCUT2D eigenvalue weighted by Crippen LogP contribution is 2.47. The van der Waals surface area contributed by atoms with E-state index < -0.39 is 5.97 Å². The van der Waals surface area contributed by atoms with Crippen molar-refractivity contribution in [3.63, 3.8) is 0 Å². The molecule has 0 radical (unpaired) electrons. The minimum Gasteiger partial charge on any atom is -0.485 e. The summed E-state index contributed by atoms with van der Waals surface area (Å²) in [7, 11) is 0. The van der Waals surface area contributed by atoms with Gasteiger partial charge in [-0.05, 0) is 87.5 Å². The summed E-state index contributed by atoms with van der Waals surface area (Å²) < 4.78 is 20.7. The molecule has 8 heteroatoms. The number of nitrogens with zero attached hydrogens (tertiary/aromatic N) is 2. The van der Waals surface area contributed by atoms with Gasteiger partial charge in [0.2, 0.25) is 0 Å². The van der Waals surface area contributed by atoms with Crippen molar-refractivity contribution < 1.29 is 24.1 Å². The predicted molar refractivity (Wildman–Crippen MR) is 236 cm³/mol. The summed E-state index contributed by atoms with van der Waals surface area (Å²) in [5, 5.41) is 12.1. The SMILES string of the molecule is O=C(O)C(=Cc1sc2cc(OCc3ccc(-c4ccccc4)cc3)c(OCc3ccc(-c4ccccc4)cc3)cc2c1Oc1ccc2ncccc2c1)c1ccncc1. The molecule has 0 bridgehead atoms. The Morgan fingerprint density at radius 3 is 1.81 bits per heavy atom. The van der Waals surface area contributed by atoms with Crippen molar-refractivity contribution in [1.82, 2.24) is 9.97 Å². The minimum atomic E-state index is -1.07. The number of aliphatic carboxylic acids is 1. The maximum atomic E-state index is 12.7. The summed E-state index contributed by atoms with van der Waals surface area (Å²) in [6, 6.07) is 54.0. The zero-order valence-electron chi connectivity index (χ0n) is 31.7. The maximum Gasteiger partial charge on any atom is 0.336 e. The van der Waals surface area contributed by atoms with Crippen molar-refractivity contribution in [2.45, 2.75) is 13.2 Å². The van der Waals surface area contributed by atoms with Crippen LogP contribution in [0.2, 0.25) is 0 Å². The first kappa shape index (κ1) is 37.1. The Morgan fingerprint density at radius 2 is 1.20 bits per heavy atom. The minimum absolute atomic E-state index is 0.109. The molecular formula is C51H36N2O5S. The Morgan fingerprint density at radius 1 is 0.610 bits per heavy atom. The lowest BCUT2D eigenvalue weighted by Gasteiger charge is -2.15. The third-order valence-electron chi connectivity index (χ3n) is 9.94. The summed E-state index contributed by atoms with van der Waals surface area (Å²) in [5.41, 5.74) is 8.00. The second-order valence-electron chi connectivity index (χ2n) is 13.9. The van der Waals surface area contributed by atoms with Crippen LogP contribution < -0.4 is 14.2 Å². The van der Waals surface area contributed by atoms with Crippen molar-refractivity contribution in [2.75, 3.05) is 0 Å². The number of hydrogen-bond donors (Lipinski definition) is 1. The summed E-state index contributed by atoms with van der Waals surface area (Å²) in [4.78, 5) is 21.9. The molecule has 3 aromatic heterocycles. The van der Waals surface area contributed by atoms with Crippen LogP contribution in [0.4, 0.5) is 0 Å². The van der Waals surface area contributed by atoms with Crippen molar-refractivity contribution in [2.24, 2.45) is 0 Å². The first-order valence-electron chi connectivity index (χ1n) is 19.1. The topological polar surface area (TPSA) is 90.8 Å². The summed E-state index contributed by atoms with van der Waals surface area (Å²) in [5.74, 6) is 1.10. The van der Waals surface area contributed by atoms with E-state index in [4.69, 9.17) is 14.2 Å². The molecule has 0 aliphatic rings. The van der Waals surface area contributed by atoms with E-state index in [1.165, 1.54) is 11.3 Å². The Balaban J connectivity index is 1.11. The Labute approximate surface area is 345 Å². The molecule has 0 fully saturated rings. The van der Waals surface area contributed by atoms with Crippen LogP contribution in [0.3, 0.4) is 0 Å². The fourth-order valence-corrected chi connectivity index (χ4v) is 7.95. The second kappa shape index (κ2) is 16.9. The van der Waals surface area contributed by atoms with Crippen LogP contribution in [0.5, 0.6) is 23.0 Å². The number of pyridine rings is 2. The average molecular weight is 789 g/mol. The monoisotopic (exact) mass is 788 g/mol. The van der Waals surface area contributed by atoms with E-state index in [9.17, 15) is 9.90 Å². The van der Waals surface area contributed by atoms with Crippen LogP contribution >= 0.6 is 11.3 Å². The molecule has 1 N–H and O–H groups in total. The second-order valence-corrected chi connectivity index (χ2v) is 14.9. The Kier molecular flexibility index (Phi) is 10.6. The first-order valence-corrected chi connectivity index (χ1v) is 19.9. The van der Waals surface area contributed by atoms with Crippen LogP contribution in [-0.4, -0.2) is 21.0 Å². The van der Waals surface area contributed by atoms with Gasteiger partial charge < -0.3 is 19.3 Å². The Bertz CT molecular complexity index is 2910. The summed E-state index contributed by atoms with van der Waals surface area (Å²) in [6.45, 7) is 0.596. The molecular weight excluding hydrogens is 753 g/mol. The van der Waals surface area contributed by atoms with E-state index in [0.29, 0.717) is 46.7 Å². The molecule has 0 atom stereocenters. The number of aromatic nitrogens is 2. The van der Waals surface area contributed by atoms with Crippen molar-refractivity contribution >= 4 is 49.9 Å². The number of benzene rings is 6. The highest BCUT2D eigenvalue weighted by molar-refractivity contribution is 7.20. The van der Waals surface area contributed by atoms with Crippen molar-refractivity contribution in [1.29, 1.82) is 0 Å². The number of carboxylic acids is 1. The largest absolute Gasteiger partial charge is 0.485 e. The van der Waals surface area contributed by atoms with E-state index in [1.54, 1.807) is 36.8 Å². The molecule has 0 saturated heterocycles. The summed E-state index contributed by atoms with van der Waals surface area (Å²) in [6.07, 6.45) is 6.57. The van der Waals surface area contributed by atoms with Crippen molar-refractivity contribution in [3.8, 4) is 45.3 Å². The number of rotatable bonds is 13. The number of thiophene rings is 1. The van der Waals surface area contributed by atoms with E-state index in [1.807, 2.05) is 78.9 Å². The number of carbonyl (C=O) groups is 1. The van der Waals surface area contributed by atoms with Crippen molar-refractivity contribution in [3.05, 3.63) is 204 Å². The zero-order valence-corrected chi connectivity index (χ0v) is 32.5. The first-order chi connectivity index (χ1) is 29.0. The molecule has 9 aromatic rings. The smallest absolute Gasteiger partial charge is 0.336 e. The molecule has 0 aliphatic carbocycles. The van der Waals surface area contributed by atoms with Crippen LogP contribution in [0.15, 0.2) is 182 Å². The van der Waals surface area contributed by atoms with Gasteiger partial charge in [-0.25, -0.2) is 4.79 Å². The molecule has 0 spiro atoms. The van der Waals surface area contributed by atoms with Gasteiger partial charge in [0.25, 0.3) is 0 Å². The van der Waals surface area contributed by atoms with Gasteiger partial charge in [-0.2, -0.15) is 0 Å². The number of hydrogen-bond acceptors (Lipinski definition) is 7. The molecule has 0 amide bonds. The zero-order chi connectivity index (χ0) is 40.0. The molecule has 9 rings (SSSR count). The van der Waals surface area contributed by atoms with Crippen LogP contribution in [0.25, 0.3) is 54.9 Å². The third kappa shape index (κ3) is 8.44. The molecule has 7 nitrogen and oxygen atoms in total. The van der Waals surface area contributed by atoms with Gasteiger partial charge in [0.05, 0.1) is 16.0 Å².